The van der Waals surface area contributed by atoms with Crippen molar-refractivity contribution < 1.29 is 14.4 Å². The van der Waals surface area contributed by atoms with Crippen LogP contribution in [0.3, 0.4) is 0 Å². The number of aromatic nitrogens is 1. The molecule has 0 bridgehead atoms. The summed E-state index contributed by atoms with van der Waals surface area (Å²) in [6.45, 7) is 4.72. The van der Waals surface area contributed by atoms with Crippen LogP contribution < -0.4 is 10.6 Å². The van der Waals surface area contributed by atoms with E-state index < -0.39 is 5.54 Å². The molecule has 3 rings (SSSR count). The maximum absolute atomic E-state index is 12.9. The number of carbonyl (C=O) groups excluding carboxylic acids is 3. The number of benzene rings is 1. The Hall–Kier alpha value is -3.09. The van der Waals surface area contributed by atoms with Crippen molar-refractivity contribution >= 4 is 17.7 Å². The van der Waals surface area contributed by atoms with Crippen molar-refractivity contribution in [3.05, 3.63) is 58.9 Å². The zero-order chi connectivity index (χ0) is 20.3. The lowest BCUT2D eigenvalue weighted by Gasteiger charge is -2.40. The normalized spacial score (nSPS) is 15.8. The number of piperidine rings is 1. The van der Waals surface area contributed by atoms with Gasteiger partial charge in [0.05, 0.1) is 0 Å². The number of likely N-dealkylation sites (N-methyl/N-ethyl adjacent to an activating group) is 1. The van der Waals surface area contributed by atoms with E-state index in [2.05, 4.69) is 15.6 Å². The van der Waals surface area contributed by atoms with Crippen molar-refractivity contribution in [2.24, 2.45) is 0 Å². The van der Waals surface area contributed by atoms with Gasteiger partial charge in [-0.25, -0.2) is 0 Å². The Morgan fingerprint density at radius 2 is 1.71 bits per heavy atom. The first-order chi connectivity index (χ1) is 13.3. The lowest BCUT2D eigenvalue weighted by atomic mass is 9.85. The second-order valence-corrected chi connectivity index (χ2v) is 7.37. The molecular weight excluding hydrogens is 356 g/mol. The van der Waals surface area contributed by atoms with E-state index in [1.807, 2.05) is 32.0 Å². The molecular formula is C21H26N4O3. The summed E-state index contributed by atoms with van der Waals surface area (Å²) < 4.78 is 0. The minimum atomic E-state index is -1.03. The van der Waals surface area contributed by atoms with Gasteiger partial charge in [-0.3, -0.25) is 14.4 Å². The number of carbonyl (C=O) groups is 3. The average Bonchev–Trinajstić information content (AvgIpc) is 3.21. The summed E-state index contributed by atoms with van der Waals surface area (Å²) in [7, 11) is 1.55. The molecule has 1 aromatic carbocycles. The Morgan fingerprint density at radius 1 is 1.07 bits per heavy atom. The topological polar surface area (TPSA) is 94.3 Å². The van der Waals surface area contributed by atoms with Crippen LogP contribution in [0.15, 0.2) is 36.5 Å². The monoisotopic (exact) mass is 382 g/mol. The van der Waals surface area contributed by atoms with E-state index in [0.717, 1.165) is 11.1 Å². The summed E-state index contributed by atoms with van der Waals surface area (Å²) in [6.07, 6.45) is 2.37. The van der Waals surface area contributed by atoms with Gasteiger partial charge < -0.3 is 20.5 Å². The molecule has 2 heterocycles. The van der Waals surface area contributed by atoms with E-state index in [1.165, 1.54) is 0 Å². The highest BCUT2D eigenvalue weighted by molar-refractivity contribution is 5.99. The number of aromatic amines is 1. The molecule has 0 saturated carbocycles. The minimum Gasteiger partial charge on any atom is -0.357 e. The Bertz CT molecular complexity index is 861. The molecule has 148 valence electrons. The van der Waals surface area contributed by atoms with Crippen LogP contribution in [0.25, 0.3) is 0 Å². The second-order valence-electron chi connectivity index (χ2n) is 7.37. The zero-order valence-corrected chi connectivity index (χ0v) is 16.5. The first kappa shape index (κ1) is 19.7. The van der Waals surface area contributed by atoms with Gasteiger partial charge in [0.1, 0.15) is 11.2 Å². The van der Waals surface area contributed by atoms with Crippen molar-refractivity contribution in [3.63, 3.8) is 0 Å². The Morgan fingerprint density at radius 3 is 2.25 bits per heavy atom. The van der Waals surface area contributed by atoms with Crippen LogP contribution in [-0.4, -0.2) is 53.3 Å². The Labute approximate surface area is 164 Å². The molecule has 0 radical (unpaired) electrons. The summed E-state index contributed by atoms with van der Waals surface area (Å²) >= 11 is 0. The van der Waals surface area contributed by atoms with Gasteiger partial charge in [0.2, 0.25) is 5.91 Å². The third-order valence-corrected chi connectivity index (χ3v) is 5.23. The standard InChI is InChI=1S/C21H26N4O3/c1-14-11-15(2)13-16(12-14)19(27)25-9-6-21(7-10-25,20(28)22-3)24-18(26)17-5-4-8-23-17/h4-5,8,11-13,23H,6-7,9-10H2,1-3H3,(H,22,28)(H,24,26). The SMILES string of the molecule is CNC(=O)C1(NC(=O)c2ccc[nH]2)CCN(C(=O)c2cc(C)cc(C)c2)CC1. The highest BCUT2D eigenvalue weighted by Crippen LogP contribution is 2.25. The second kappa shape index (κ2) is 7.88. The molecule has 1 aromatic heterocycles. The molecule has 0 atom stereocenters. The summed E-state index contributed by atoms with van der Waals surface area (Å²) in [5, 5.41) is 5.53. The van der Waals surface area contributed by atoms with E-state index in [0.29, 0.717) is 37.2 Å². The molecule has 2 aromatic rings. The number of nitrogens with zero attached hydrogens (tertiary/aromatic N) is 1. The third-order valence-electron chi connectivity index (χ3n) is 5.23. The quantitative estimate of drug-likeness (QED) is 0.752. The number of likely N-dealkylation sites (tertiary alicyclic amines) is 1. The molecule has 0 spiro atoms. The van der Waals surface area contributed by atoms with E-state index in [4.69, 9.17) is 0 Å². The molecule has 28 heavy (non-hydrogen) atoms. The van der Waals surface area contributed by atoms with E-state index in [9.17, 15) is 14.4 Å². The van der Waals surface area contributed by atoms with Gasteiger partial charge >= 0.3 is 0 Å². The first-order valence-electron chi connectivity index (χ1n) is 9.40. The summed E-state index contributed by atoms with van der Waals surface area (Å²) in [6, 6.07) is 9.17. The van der Waals surface area contributed by atoms with Crippen molar-refractivity contribution in [1.29, 1.82) is 0 Å². The highest BCUT2D eigenvalue weighted by Gasteiger charge is 2.43. The molecule has 1 fully saturated rings. The Kier molecular flexibility index (Phi) is 5.53. The van der Waals surface area contributed by atoms with Crippen LogP contribution in [-0.2, 0) is 4.79 Å². The first-order valence-corrected chi connectivity index (χ1v) is 9.40. The zero-order valence-electron chi connectivity index (χ0n) is 16.5. The number of hydrogen-bond acceptors (Lipinski definition) is 3. The number of H-pyrrole nitrogens is 1. The number of amides is 3. The molecule has 1 aliphatic heterocycles. The van der Waals surface area contributed by atoms with Crippen LogP contribution in [0.2, 0.25) is 0 Å². The average molecular weight is 382 g/mol. The fourth-order valence-electron chi connectivity index (χ4n) is 3.78. The molecule has 3 amide bonds. The van der Waals surface area contributed by atoms with Gasteiger partial charge in [0.15, 0.2) is 0 Å². The summed E-state index contributed by atoms with van der Waals surface area (Å²) in [5.74, 6) is -0.624. The van der Waals surface area contributed by atoms with Crippen LogP contribution in [0, 0.1) is 13.8 Å². The van der Waals surface area contributed by atoms with Crippen LogP contribution in [0.5, 0.6) is 0 Å². The molecule has 7 nitrogen and oxygen atoms in total. The number of rotatable bonds is 4. The molecule has 3 N–H and O–H groups in total. The largest absolute Gasteiger partial charge is 0.357 e. The molecule has 7 heteroatoms. The minimum absolute atomic E-state index is 0.0481. The number of hydrogen-bond donors (Lipinski definition) is 3. The number of nitrogens with one attached hydrogen (secondary N) is 3. The summed E-state index contributed by atoms with van der Waals surface area (Å²) in [5.41, 5.74) is 2.10. The van der Waals surface area contributed by atoms with Crippen LogP contribution in [0.4, 0.5) is 0 Å². The van der Waals surface area contributed by atoms with Crippen LogP contribution >= 0.6 is 0 Å². The maximum Gasteiger partial charge on any atom is 0.268 e. The smallest absolute Gasteiger partial charge is 0.268 e. The lowest BCUT2D eigenvalue weighted by molar-refractivity contribution is -0.128. The van der Waals surface area contributed by atoms with Gasteiger partial charge in [-0.05, 0) is 51.0 Å². The molecule has 1 aliphatic rings. The Balaban J connectivity index is 1.74. The predicted octanol–water partition coefficient (Wildman–Crippen LogP) is 1.78. The van der Waals surface area contributed by atoms with Crippen molar-refractivity contribution in [1.82, 2.24) is 20.5 Å². The van der Waals surface area contributed by atoms with Gasteiger partial charge in [-0.2, -0.15) is 0 Å². The van der Waals surface area contributed by atoms with E-state index in [1.54, 1.807) is 30.3 Å². The van der Waals surface area contributed by atoms with Gasteiger partial charge in [0.25, 0.3) is 11.8 Å². The molecule has 0 aliphatic carbocycles. The van der Waals surface area contributed by atoms with Crippen molar-refractivity contribution in [2.45, 2.75) is 32.2 Å². The van der Waals surface area contributed by atoms with E-state index in [-0.39, 0.29) is 17.7 Å². The van der Waals surface area contributed by atoms with Crippen LogP contribution in [0.1, 0.15) is 44.8 Å². The predicted molar refractivity (Wildman–Crippen MR) is 106 cm³/mol. The fourth-order valence-corrected chi connectivity index (χ4v) is 3.78. The lowest BCUT2D eigenvalue weighted by Crippen LogP contribution is -2.63. The number of aryl methyl sites for hydroxylation is 2. The van der Waals surface area contributed by atoms with E-state index >= 15 is 0 Å². The molecule has 0 unspecified atom stereocenters. The fraction of sp³-hybridized carbons (Fsp3) is 0.381. The highest BCUT2D eigenvalue weighted by atomic mass is 16.2. The van der Waals surface area contributed by atoms with Crippen molar-refractivity contribution in [2.75, 3.05) is 20.1 Å². The third kappa shape index (κ3) is 3.93. The van der Waals surface area contributed by atoms with Gasteiger partial charge in [-0.15, -0.1) is 0 Å². The molecule has 1 saturated heterocycles. The maximum atomic E-state index is 12.9. The van der Waals surface area contributed by atoms with Gasteiger partial charge in [-0.1, -0.05) is 17.2 Å². The van der Waals surface area contributed by atoms with Gasteiger partial charge in [0, 0.05) is 31.9 Å². The summed E-state index contributed by atoms with van der Waals surface area (Å²) in [4.78, 5) is 42.6. The van der Waals surface area contributed by atoms with Crippen molar-refractivity contribution in [3.8, 4) is 0 Å².